The van der Waals surface area contributed by atoms with E-state index in [0.29, 0.717) is 11.5 Å². The molecule has 0 unspecified atom stereocenters. The van der Waals surface area contributed by atoms with Gasteiger partial charge < -0.3 is 9.47 Å². The molecule has 0 saturated heterocycles. The van der Waals surface area contributed by atoms with Gasteiger partial charge in [-0.3, -0.25) is 10.0 Å². The molecule has 10 nitrogen and oxygen atoms in total. The number of hydrogen-bond donors (Lipinski definition) is 2. The molecule has 2 aromatic carbocycles. The van der Waals surface area contributed by atoms with Crippen molar-refractivity contribution >= 4 is 25.8 Å². The Hall–Kier alpha value is -2.51. The van der Waals surface area contributed by atoms with E-state index in [1.165, 1.54) is 61.1 Å². The number of carbonyl (C=O) groups excluding carboxylic acids is 1. The fraction of sp³-hybridized carbons (Fsp3) is 0.278. The molecule has 12 heteroatoms. The fourth-order valence-corrected chi connectivity index (χ4v) is 4.40. The molecule has 30 heavy (non-hydrogen) atoms. The summed E-state index contributed by atoms with van der Waals surface area (Å²) >= 11 is 0. The van der Waals surface area contributed by atoms with Crippen molar-refractivity contribution in [3.05, 3.63) is 48.5 Å². The molecule has 0 atom stereocenters. The summed E-state index contributed by atoms with van der Waals surface area (Å²) in [5.41, 5.74) is 1.40. The second kappa shape index (κ2) is 10.00. The molecule has 0 aliphatic heterocycles. The van der Waals surface area contributed by atoms with Gasteiger partial charge in [-0.05, 0) is 48.5 Å². The van der Waals surface area contributed by atoms with Crippen LogP contribution in [0.3, 0.4) is 0 Å². The van der Waals surface area contributed by atoms with Crippen LogP contribution in [0.25, 0.3) is 0 Å². The summed E-state index contributed by atoms with van der Waals surface area (Å²) in [6.45, 7) is -0.604. The molecule has 1 amide bonds. The molecule has 0 spiro atoms. The normalized spacial score (nSPS) is 12.0. The van der Waals surface area contributed by atoms with E-state index in [4.69, 9.17) is 14.7 Å². The molecule has 164 valence electrons. The Balaban J connectivity index is 2.18. The van der Waals surface area contributed by atoms with Crippen LogP contribution in [0.4, 0.5) is 0 Å². The van der Waals surface area contributed by atoms with E-state index in [0.717, 1.165) is 10.6 Å². The van der Waals surface area contributed by atoms with Crippen molar-refractivity contribution in [2.24, 2.45) is 0 Å². The lowest BCUT2D eigenvalue weighted by Crippen LogP contribution is -2.41. The van der Waals surface area contributed by atoms with Gasteiger partial charge >= 0.3 is 0 Å². The van der Waals surface area contributed by atoms with E-state index >= 15 is 0 Å². The van der Waals surface area contributed by atoms with Crippen LogP contribution in [0, 0.1) is 0 Å². The number of ether oxygens (including phenoxy) is 2. The number of amides is 1. The Morgan fingerprint density at radius 1 is 0.967 bits per heavy atom. The molecule has 0 saturated carbocycles. The SMILES string of the molecule is COCCN(CC(=O)NO)S(=O)(=O)c1ccc(Oc2ccc(S(C)(=O)=O)cc2)cc1. The molecule has 0 bridgehead atoms. The van der Waals surface area contributed by atoms with Crippen molar-refractivity contribution in [3.8, 4) is 11.5 Å². The lowest BCUT2D eigenvalue weighted by atomic mass is 10.3. The summed E-state index contributed by atoms with van der Waals surface area (Å²) in [5.74, 6) is -0.177. The number of nitrogens with one attached hydrogen (secondary N) is 1. The molecule has 0 aromatic heterocycles. The predicted molar refractivity (Wildman–Crippen MR) is 107 cm³/mol. The third kappa shape index (κ3) is 6.24. The maximum absolute atomic E-state index is 12.8. The van der Waals surface area contributed by atoms with Gasteiger partial charge in [0.1, 0.15) is 11.5 Å². The van der Waals surface area contributed by atoms with Gasteiger partial charge in [0, 0.05) is 19.9 Å². The number of sulfonamides is 1. The largest absolute Gasteiger partial charge is 0.457 e. The molecule has 2 N–H and O–H groups in total. The van der Waals surface area contributed by atoms with E-state index in [1.54, 1.807) is 0 Å². The lowest BCUT2D eigenvalue weighted by Gasteiger charge is -2.21. The third-order valence-corrected chi connectivity index (χ3v) is 6.93. The number of methoxy groups -OCH3 is 1. The molecular formula is C18H22N2O8S2. The Kier molecular flexibility index (Phi) is 7.92. The first-order valence-corrected chi connectivity index (χ1v) is 11.9. The smallest absolute Gasteiger partial charge is 0.258 e. The van der Waals surface area contributed by atoms with Crippen molar-refractivity contribution < 1.29 is 36.3 Å². The van der Waals surface area contributed by atoms with Crippen LogP contribution >= 0.6 is 0 Å². The van der Waals surface area contributed by atoms with Crippen molar-refractivity contribution in [3.63, 3.8) is 0 Å². The predicted octanol–water partition coefficient (Wildman–Crippen LogP) is 1.02. The molecule has 0 heterocycles. The van der Waals surface area contributed by atoms with Crippen molar-refractivity contribution in [2.75, 3.05) is 33.1 Å². The first-order valence-electron chi connectivity index (χ1n) is 8.58. The molecule has 0 aliphatic rings. The number of benzene rings is 2. The second-order valence-corrected chi connectivity index (χ2v) is 10.1. The van der Waals surface area contributed by atoms with Crippen molar-refractivity contribution in [1.29, 1.82) is 0 Å². The van der Waals surface area contributed by atoms with E-state index in [2.05, 4.69) is 0 Å². The van der Waals surface area contributed by atoms with E-state index in [1.807, 2.05) is 0 Å². The highest BCUT2D eigenvalue weighted by Gasteiger charge is 2.26. The maximum atomic E-state index is 12.8. The molecule has 0 radical (unpaired) electrons. The van der Waals surface area contributed by atoms with Gasteiger partial charge in [0.15, 0.2) is 9.84 Å². The highest BCUT2D eigenvalue weighted by Crippen LogP contribution is 2.25. The highest BCUT2D eigenvalue weighted by molar-refractivity contribution is 7.90. The summed E-state index contributed by atoms with van der Waals surface area (Å²) in [6.07, 6.45) is 1.10. The summed E-state index contributed by atoms with van der Waals surface area (Å²) in [7, 11) is -5.96. The zero-order valence-electron chi connectivity index (χ0n) is 16.3. The summed E-state index contributed by atoms with van der Waals surface area (Å²) in [5, 5.41) is 8.68. The average molecular weight is 459 g/mol. The number of hydrogen-bond acceptors (Lipinski definition) is 8. The Morgan fingerprint density at radius 3 is 1.90 bits per heavy atom. The van der Waals surface area contributed by atoms with Crippen LogP contribution in [-0.4, -0.2) is 65.3 Å². The fourth-order valence-electron chi connectivity index (χ4n) is 2.39. The van der Waals surface area contributed by atoms with Gasteiger partial charge in [-0.15, -0.1) is 0 Å². The Labute approximate surface area is 175 Å². The highest BCUT2D eigenvalue weighted by atomic mass is 32.2. The number of sulfone groups is 1. The number of nitrogens with zero attached hydrogens (tertiary/aromatic N) is 1. The lowest BCUT2D eigenvalue weighted by molar-refractivity contribution is -0.129. The molecule has 0 aliphatic carbocycles. The average Bonchev–Trinajstić information content (AvgIpc) is 2.71. The van der Waals surface area contributed by atoms with E-state index in [-0.39, 0.29) is 22.9 Å². The van der Waals surface area contributed by atoms with Crippen molar-refractivity contribution in [2.45, 2.75) is 9.79 Å². The number of hydroxylamine groups is 1. The Bertz CT molecular complexity index is 1070. The summed E-state index contributed by atoms with van der Waals surface area (Å²) < 4.78 is 59.9. The maximum Gasteiger partial charge on any atom is 0.258 e. The zero-order chi connectivity index (χ0) is 22.4. The van der Waals surface area contributed by atoms with Gasteiger partial charge in [-0.1, -0.05) is 0 Å². The van der Waals surface area contributed by atoms with Crippen LogP contribution < -0.4 is 10.2 Å². The Morgan fingerprint density at radius 2 is 1.47 bits per heavy atom. The minimum atomic E-state index is -4.03. The minimum absolute atomic E-state index is 0.0581. The molecule has 2 rings (SSSR count). The standard InChI is InChI=1S/C18H22N2O8S2/c1-27-12-11-20(13-18(21)19-22)30(25,26)17-9-5-15(6-10-17)28-14-3-7-16(8-4-14)29(2,23)24/h3-10,22H,11-13H2,1-2H3,(H,19,21). The van der Waals surface area contributed by atoms with E-state index in [9.17, 15) is 21.6 Å². The minimum Gasteiger partial charge on any atom is -0.457 e. The van der Waals surface area contributed by atoms with Crippen LogP contribution in [-0.2, 0) is 29.4 Å². The summed E-state index contributed by atoms with van der Waals surface area (Å²) in [4.78, 5) is 11.5. The number of carbonyl (C=O) groups is 1. The zero-order valence-corrected chi connectivity index (χ0v) is 17.9. The molecule has 0 fully saturated rings. The van der Waals surface area contributed by atoms with Gasteiger partial charge in [0.25, 0.3) is 5.91 Å². The molecular weight excluding hydrogens is 436 g/mol. The van der Waals surface area contributed by atoms with Crippen LogP contribution in [0.2, 0.25) is 0 Å². The van der Waals surface area contributed by atoms with Gasteiger partial charge in [0.05, 0.1) is 22.9 Å². The first-order chi connectivity index (χ1) is 14.1. The van der Waals surface area contributed by atoms with Crippen molar-refractivity contribution in [1.82, 2.24) is 9.79 Å². The summed E-state index contributed by atoms with van der Waals surface area (Å²) in [6, 6.07) is 11.3. The second-order valence-electron chi connectivity index (χ2n) is 6.18. The monoisotopic (exact) mass is 458 g/mol. The van der Waals surface area contributed by atoms with Crippen LogP contribution in [0.5, 0.6) is 11.5 Å². The molecule has 2 aromatic rings. The van der Waals surface area contributed by atoms with Crippen LogP contribution in [0.1, 0.15) is 0 Å². The third-order valence-electron chi connectivity index (χ3n) is 3.94. The van der Waals surface area contributed by atoms with Gasteiger partial charge in [-0.25, -0.2) is 22.3 Å². The topological polar surface area (TPSA) is 139 Å². The van der Waals surface area contributed by atoms with E-state index < -0.39 is 32.3 Å². The van der Waals surface area contributed by atoms with Crippen LogP contribution in [0.15, 0.2) is 58.3 Å². The van der Waals surface area contributed by atoms with Gasteiger partial charge in [0.2, 0.25) is 10.0 Å². The first kappa shape index (κ1) is 23.8. The number of rotatable bonds is 10. The van der Waals surface area contributed by atoms with Gasteiger partial charge in [-0.2, -0.15) is 4.31 Å². The quantitative estimate of drug-likeness (QED) is 0.397.